The Morgan fingerprint density at radius 3 is 1.89 bits per heavy atom. The standard InChI is InChI=1S/C38H60O5Si2/c1-28(29(2)43-45(37(6,7)8,31-22-15-13-16-23-31)32-24-17-14-18-25-32)20-19-21-30-26-39-33(27-40-44(11,12)36(3,4)5)35-34(30)41-38(9,10)42-35/h13-20,22-25,28-30,33-35H,21,26-27H2,1-12H3/b20-19+/t28-,29+,30-,33-,34+,35-/m1/s1. The van der Waals surface area contributed by atoms with Gasteiger partial charge < -0.3 is 23.1 Å². The minimum Gasteiger partial charge on any atom is -0.414 e. The van der Waals surface area contributed by atoms with Crippen LogP contribution in [-0.2, 0) is 23.1 Å². The Labute approximate surface area is 276 Å². The zero-order valence-corrected chi connectivity index (χ0v) is 32.1. The molecule has 0 unspecified atom stereocenters. The molecule has 0 radical (unpaired) electrons. The SMILES string of the molecule is C[C@H](/C=C/C[C@@H]1CO[C@H](CO[Si](C)(C)C(C)(C)C)[C@H]2OC(C)(C)O[C@@H]12)[C@H](C)O[Si](c1ccccc1)(c1ccccc1)C(C)(C)C. The predicted molar refractivity (Wildman–Crippen MR) is 191 cm³/mol. The summed E-state index contributed by atoms with van der Waals surface area (Å²) in [6.07, 6.45) is 5.26. The normalized spacial score (nSPS) is 25.7. The third kappa shape index (κ3) is 8.11. The Kier molecular flexibility index (Phi) is 11.2. The van der Waals surface area contributed by atoms with E-state index in [2.05, 4.69) is 141 Å². The van der Waals surface area contributed by atoms with Crippen molar-refractivity contribution in [3.63, 3.8) is 0 Å². The molecule has 0 aliphatic carbocycles. The average molecular weight is 653 g/mol. The van der Waals surface area contributed by atoms with Gasteiger partial charge >= 0.3 is 0 Å². The van der Waals surface area contributed by atoms with E-state index in [1.165, 1.54) is 10.4 Å². The minimum absolute atomic E-state index is 0.0208. The highest BCUT2D eigenvalue weighted by molar-refractivity contribution is 6.99. The third-order valence-corrected chi connectivity index (χ3v) is 20.0. The van der Waals surface area contributed by atoms with Crippen molar-refractivity contribution in [3.8, 4) is 0 Å². The van der Waals surface area contributed by atoms with Crippen LogP contribution in [0.25, 0.3) is 0 Å². The van der Waals surface area contributed by atoms with E-state index in [1.807, 2.05) is 13.8 Å². The van der Waals surface area contributed by atoms with Crippen molar-refractivity contribution in [2.45, 2.75) is 129 Å². The second kappa shape index (κ2) is 13.9. The van der Waals surface area contributed by atoms with Crippen molar-refractivity contribution in [3.05, 3.63) is 72.8 Å². The molecule has 0 N–H and O–H groups in total. The Morgan fingerprint density at radius 2 is 1.38 bits per heavy atom. The summed E-state index contributed by atoms with van der Waals surface area (Å²) in [4.78, 5) is 0. The van der Waals surface area contributed by atoms with Crippen LogP contribution in [0.1, 0.15) is 75.7 Å². The van der Waals surface area contributed by atoms with Gasteiger partial charge in [-0.15, -0.1) is 0 Å². The number of fused-ring (bicyclic) bond motifs is 1. The molecule has 0 amide bonds. The molecule has 2 aliphatic heterocycles. The number of rotatable bonds is 11. The highest BCUT2D eigenvalue weighted by Gasteiger charge is 2.53. The summed E-state index contributed by atoms with van der Waals surface area (Å²) < 4.78 is 33.3. The molecule has 0 aromatic heterocycles. The maximum Gasteiger partial charge on any atom is 0.261 e. The zero-order valence-electron chi connectivity index (χ0n) is 30.1. The van der Waals surface area contributed by atoms with E-state index in [0.717, 1.165) is 6.42 Å². The summed E-state index contributed by atoms with van der Waals surface area (Å²) >= 11 is 0. The first-order valence-electron chi connectivity index (χ1n) is 16.9. The van der Waals surface area contributed by atoms with Crippen molar-refractivity contribution >= 4 is 27.0 Å². The first-order valence-corrected chi connectivity index (χ1v) is 21.8. The van der Waals surface area contributed by atoms with Crippen LogP contribution in [0, 0.1) is 11.8 Å². The summed E-state index contributed by atoms with van der Waals surface area (Å²) in [6, 6.07) is 21.8. The molecular formula is C38H60O5Si2. The Balaban J connectivity index is 1.46. The van der Waals surface area contributed by atoms with Gasteiger partial charge in [0.25, 0.3) is 8.32 Å². The Morgan fingerprint density at radius 1 is 0.844 bits per heavy atom. The van der Waals surface area contributed by atoms with Crippen molar-refractivity contribution in [1.82, 2.24) is 0 Å². The maximum atomic E-state index is 7.38. The van der Waals surface area contributed by atoms with Gasteiger partial charge in [0, 0.05) is 12.0 Å². The van der Waals surface area contributed by atoms with E-state index < -0.39 is 22.4 Å². The van der Waals surface area contributed by atoms with Crippen molar-refractivity contribution in [2.75, 3.05) is 13.2 Å². The van der Waals surface area contributed by atoms with Gasteiger partial charge in [-0.2, -0.15) is 0 Å². The fraction of sp³-hybridized carbons (Fsp3) is 0.632. The van der Waals surface area contributed by atoms with Crippen molar-refractivity contribution in [1.29, 1.82) is 0 Å². The molecule has 2 heterocycles. The molecule has 4 rings (SSSR count). The van der Waals surface area contributed by atoms with E-state index in [-0.39, 0.29) is 46.3 Å². The molecule has 5 nitrogen and oxygen atoms in total. The van der Waals surface area contributed by atoms with E-state index >= 15 is 0 Å². The van der Waals surface area contributed by atoms with Crippen LogP contribution in [0.15, 0.2) is 72.8 Å². The quantitative estimate of drug-likeness (QED) is 0.181. The summed E-state index contributed by atoms with van der Waals surface area (Å²) in [5.41, 5.74) is 0. The van der Waals surface area contributed by atoms with Gasteiger partial charge in [0.1, 0.15) is 12.2 Å². The highest BCUT2D eigenvalue weighted by Crippen LogP contribution is 2.42. The first kappa shape index (κ1) is 36.3. The lowest BCUT2D eigenvalue weighted by Gasteiger charge is -2.45. The molecule has 2 fully saturated rings. The van der Waals surface area contributed by atoms with E-state index in [1.54, 1.807) is 0 Å². The topological polar surface area (TPSA) is 46.2 Å². The summed E-state index contributed by atoms with van der Waals surface area (Å²) in [5, 5.41) is 2.71. The van der Waals surface area contributed by atoms with Crippen LogP contribution in [0.2, 0.25) is 23.2 Å². The molecule has 0 saturated carbocycles. The summed E-state index contributed by atoms with van der Waals surface area (Å²) in [5.74, 6) is -0.182. The second-order valence-electron chi connectivity index (χ2n) is 16.3. The van der Waals surface area contributed by atoms with Gasteiger partial charge in [-0.25, -0.2) is 0 Å². The molecule has 2 saturated heterocycles. The lowest BCUT2D eigenvalue weighted by atomic mass is 9.89. The minimum atomic E-state index is -2.62. The van der Waals surface area contributed by atoms with Crippen LogP contribution in [0.5, 0.6) is 0 Å². The van der Waals surface area contributed by atoms with Gasteiger partial charge in [-0.1, -0.05) is 121 Å². The average Bonchev–Trinajstić information content (AvgIpc) is 3.30. The van der Waals surface area contributed by atoms with Gasteiger partial charge in [0.15, 0.2) is 14.1 Å². The zero-order chi connectivity index (χ0) is 33.3. The maximum absolute atomic E-state index is 7.38. The monoisotopic (exact) mass is 652 g/mol. The summed E-state index contributed by atoms with van der Waals surface area (Å²) in [7, 11) is -4.52. The molecule has 6 atom stereocenters. The first-order chi connectivity index (χ1) is 20.9. The van der Waals surface area contributed by atoms with Crippen LogP contribution in [0.4, 0.5) is 0 Å². The van der Waals surface area contributed by atoms with E-state index in [4.69, 9.17) is 23.1 Å². The van der Waals surface area contributed by atoms with Gasteiger partial charge in [-0.3, -0.25) is 0 Å². The van der Waals surface area contributed by atoms with Crippen LogP contribution in [0.3, 0.4) is 0 Å². The van der Waals surface area contributed by atoms with Crippen LogP contribution in [-0.4, -0.2) is 60.1 Å². The molecule has 45 heavy (non-hydrogen) atoms. The molecule has 2 aromatic rings. The van der Waals surface area contributed by atoms with E-state index in [0.29, 0.717) is 13.2 Å². The lowest BCUT2D eigenvalue weighted by Crippen LogP contribution is -2.67. The van der Waals surface area contributed by atoms with Gasteiger partial charge in [0.05, 0.1) is 19.3 Å². The fourth-order valence-corrected chi connectivity index (χ4v) is 12.3. The number of allylic oxidation sites excluding steroid dienone is 1. The summed E-state index contributed by atoms with van der Waals surface area (Å²) in [6.45, 7) is 28.1. The van der Waals surface area contributed by atoms with Crippen molar-refractivity contribution in [2.24, 2.45) is 11.8 Å². The molecule has 2 aliphatic rings. The van der Waals surface area contributed by atoms with Gasteiger partial charge in [0.2, 0.25) is 0 Å². The number of hydrogen-bond acceptors (Lipinski definition) is 5. The smallest absolute Gasteiger partial charge is 0.261 e. The Hall–Kier alpha value is -1.59. The number of ether oxygens (including phenoxy) is 3. The van der Waals surface area contributed by atoms with E-state index in [9.17, 15) is 0 Å². The van der Waals surface area contributed by atoms with Crippen LogP contribution < -0.4 is 10.4 Å². The molecule has 2 aromatic carbocycles. The highest BCUT2D eigenvalue weighted by atomic mass is 28.4. The molecule has 250 valence electrons. The molecule has 0 bridgehead atoms. The predicted octanol–water partition coefficient (Wildman–Crippen LogP) is 8.09. The lowest BCUT2D eigenvalue weighted by molar-refractivity contribution is -0.156. The van der Waals surface area contributed by atoms with Gasteiger partial charge in [-0.05, 0) is 66.7 Å². The Bertz CT molecular complexity index is 1210. The third-order valence-electron chi connectivity index (χ3n) is 10.3. The number of benzene rings is 2. The fourth-order valence-electron chi connectivity index (χ4n) is 6.46. The largest absolute Gasteiger partial charge is 0.414 e. The molecular weight excluding hydrogens is 593 g/mol. The second-order valence-corrected chi connectivity index (χ2v) is 25.3. The number of hydrogen-bond donors (Lipinski definition) is 0. The molecule has 0 spiro atoms. The van der Waals surface area contributed by atoms with Crippen LogP contribution >= 0.6 is 0 Å². The molecule has 7 heteroatoms. The van der Waals surface area contributed by atoms with Crippen molar-refractivity contribution < 1.29 is 23.1 Å².